The van der Waals surface area contributed by atoms with Crippen molar-refractivity contribution in [3.8, 4) is 0 Å². The molecular formula is C16H22FN3O2+2. The standard InChI is InChI=1S/C16H20FN3O2/c1-2-18-7-9-19(10-8-18)14-11-15(21)20(16(14)22)13-5-3-12(17)4-6-13/h3-6,14H,2,7-11H2,1H3/p+2. The number of amides is 2. The van der Waals surface area contributed by atoms with Crippen LogP contribution in [0.1, 0.15) is 13.3 Å². The molecule has 0 aromatic heterocycles. The van der Waals surface area contributed by atoms with Gasteiger partial charge >= 0.3 is 0 Å². The number of rotatable bonds is 3. The highest BCUT2D eigenvalue weighted by atomic mass is 19.1. The number of quaternary nitrogens is 2. The van der Waals surface area contributed by atoms with Gasteiger partial charge in [0.05, 0.1) is 18.7 Å². The maximum Gasteiger partial charge on any atom is 0.292 e. The van der Waals surface area contributed by atoms with E-state index in [4.69, 9.17) is 0 Å². The molecule has 3 rings (SSSR count). The van der Waals surface area contributed by atoms with Crippen molar-refractivity contribution in [1.82, 2.24) is 0 Å². The Kier molecular flexibility index (Phi) is 4.22. The van der Waals surface area contributed by atoms with Gasteiger partial charge < -0.3 is 9.80 Å². The van der Waals surface area contributed by atoms with E-state index in [9.17, 15) is 14.0 Å². The lowest BCUT2D eigenvalue weighted by atomic mass is 10.1. The largest absolute Gasteiger partial charge is 0.326 e. The molecular weight excluding hydrogens is 285 g/mol. The van der Waals surface area contributed by atoms with Crippen LogP contribution in [0.15, 0.2) is 24.3 Å². The fraction of sp³-hybridized carbons (Fsp3) is 0.500. The number of benzene rings is 1. The fourth-order valence-corrected chi connectivity index (χ4v) is 3.44. The Hall–Kier alpha value is -1.79. The number of carbonyl (C=O) groups excluding carboxylic acids is 2. The summed E-state index contributed by atoms with van der Waals surface area (Å²) in [5.74, 6) is -0.699. The van der Waals surface area contributed by atoms with E-state index >= 15 is 0 Å². The Bertz CT molecular complexity index is 567. The van der Waals surface area contributed by atoms with Crippen LogP contribution in [0.5, 0.6) is 0 Å². The summed E-state index contributed by atoms with van der Waals surface area (Å²) in [5.41, 5.74) is 0.469. The molecule has 2 N–H and O–H groups in total. The molecule has 2 aliphatic rings. The summed E-state index contributed by atoms with van der Waals surface area (Å²) >= 11 is 0. The number of hydrogen-bond acceptors (Lipinski definition) is 2. The Morgan fingerprint density at radius 3 is 2.36 bits per heavy atom. The number of likely N-dealkylation sites (N-methyl/N-ethyl adjacent to an activating group) is 1. The molecule has 0 saturated carbocycles. The summed E-state index contributed by atoms with van der Waals surface area (Å²) in [6.45, 7) is 7.20. The minimum atomic E-state index is -0.372. The molecule has 2 amide bonds. The highest BCUT2D eigenvalue weighted by Gasteiger charge is 2.46. The van der Waals surface area contributed by atoms with E-state index in [2.05, 4.69) is 6.92 Å². The van der Waals surface area contributed by atoms with Crippen molar-refractivity contribution >= 4 is 17.5 Å². The number of imide groups is 1. The monoisotopic (exact) mass is 307 g/mol. The average molecular weight is 307 g/mol. The van der Waals surface area contributed by atoms with Crippen molar-refractivity contribution in [2.24, 2.45) is 0 Å². The minimum Gasteiger partial charge on any atom is -0.326 e. The zero-order chi connectivity index (χ0) is 15.7. The molecule has 2 aliphatic heterocycles. The molecule has 0 bridgehead atoms. The molecule has 0 spiro atoms. The van der Waals surface area contributed by atoms with E-state index in [1.807, 2.05) is 0 Å². The summed E-state index contributed by atoms with van der Waals surface area (Å²) in [4.78, 5) is 28.9. The lowest BCUT2D eigenvalue weighted by molar-refractivity contribution is -1.02. The van der Waals surface area contributed by atoms with Gasteiger partial charge in [0.1, 0.15) is 32.0 Å². The molecule has 2 fully saturated rings. The molecule has 1 aromatic carbocycles. The van der Waals surface area contributed by atoms with Crippen molar-refractivity contribution < 1.29 is 23.8 Å². The van der Waals surface area contributed by atoms with E-state index in [-0.39, 0.29) is 30.1 Å². The Morgan fingerprint density at radius 2 is 1.77 bits per heavy atom. The number of hydrogen-bond donors (Lipinski definition) is 2. The van der Waals surface area contributed by atoms with Crippen LogP contribution in [0, 0.1) is 5.82 Å². The maximum absolute atomic E-state index is 13.0. The van der Waals surface area contributed by atoms with Crippen LogP contribution < -0.4 is 14.7 Å². The van der Waals surface area contributed by atoms with Crippen LogP contribution in [0.2, 0.25) is 0 Å². The molecule has 1 unspecified atom stereocenters. The van der Waals surface area contributed by atoms with Gasteiger partial charge in [-0.05, 0) is 31.2 Å². The minimum absolute atomic E-state index is 0.147. The summed E-state index contributed by atoms with van der Waals surface area (Å²) in [6, 6.07) is 5.25. The molecule has 22 heavy (non-hydrogen) atoms. The SMILES string of the molecule is CC[NH+]1CC[NH+](C2CC(=O)N(c3ccc(F)cc3)C2=O)CC1. The van der Waals surface area contributed by atoms with Gasteiger partial charge in [-0.2, -0.15) is 0 Å². The van der Waals surface area contributed by atoms with Crippen LogP contribution in [0.3, 0.4) is 0 Å². The third-order valence-electron chi connectivity index (χ3n) is 4.82. The lowest BCUT2D eigenvalue weighted by Gasteiger charge is -2.31. The Balaban J connectivity index is 1.73. The third-order valence-corrected chi connectivity index (χ3v) is 4.82. The molecule has 5 nitrogen and oxygen atoms in total. The first-order chi connectivity index (χ1) is 10.6. The zero-order valence-corrected chi connectivity index (χ0v) is 12.8. The second kappa shape index (κ2) is 6.14. The maximum atomic E-state index is 13.0. The van der Waals surface area contributed by atoms with Crippen molar-refractivity contribution in [3.63, 3.8) is 0 Å². The number of carbonyl (C=O) groups is 2. The predicted molar refractivity (Wildman–Crippen MR) is 79.2 cm³/mol. The molecule has 118 valence electrons. The number of halogens is 1. The molecule has 1 atom stereocenters. The van der Waals surface area contributed by atoms with Crippen molar-refractivity contribution in [3.05, 3.63) is 30.1 Å². The second-order valence-electron chi connectivity index (χ2n) is 6.06. The summed E-state index contributed by atoms with van der Waals surface area (Å²) in [5, 5.41) is 0. The topological polar surface area (TPSA) is 46.3 Å². The van der Waals surface area contributed by atoms with Crippen LogP contribution in [0.4, 0.5) is 10.1 Å². The second-order valence-corrected chi connectivity index (χ2v) is 6.06. The van der Waals surface area contributed by atoms with E-state index in [1.54, 1.807) is 4.90 Å². The molecule has 2 heterocycles. The molecule has 0 aliphatic carbocycles. The first kappa shape index (κ1) is 15.1. The third kappa shape index (κ3) is 2.76. The number of nitrogens with one attached hydrogen (secondary N) is 2. The fourth-order valence-electron chi connectivity index (χ4n) is 3.44. The smallest absolute Gasteiger partial charge is 0.292 e. The van der Waals surface area contributed by atoms with Gasteiger partial charge in [0.25, 0.3) is 5.91 Å². The van der Waals surface area contributed by atoms with E-state index in [0.29, 0.717) is 5.69 Å². The van der Waals surface area contributed by atoms with Crippen molar-refractivity contribution in [2.75, 3.05) is 37.6 Å². The summed E-state index contributed by atoms with van der Waals surface area (Å²) in [6.07, 6.45) is 0.257. The van der Waals surface area contributed by atoms with Gasteiger partial charge in [-0.3, -0.25) is 9.59 Å². The predicted octanol–water partition coefficient (Wildman–Crippen LogP) is -1.74. The van der Waals surface area contributed by atoms with Crippen molar-refractivity contribution in [2.45, 2.75) is 19.4 Å². The van der Waals surface area contributed by atoms with Crippen molar-refractivity contribution in [1.29, 1.82) is 0 Å². The van der Waals surface area contributed by atoms with Crippen LogP contribution in [0.25, 0.3) is 0 Å². The van der Waals surface area contributed by atoms with Gasteiger partial charge in [0.15, 0.2) is 6.04 Å². The Labute approximate surface area is 129 Å². The number of nitrogens with zero attached hydrogens (tertiary/aromatic N) is 1. The summed E-state index contributed by atoms with van der Waals surface area (Å²) < 4.78 is 13.0. The lowest BCUT2D eigenvalue weighted by Crippen LogP contribution is -3.29. The van der Waals surface area contributed by atoms with Gasteiger partial charge in [0.2, 0.25) is 5.91 Å². The molecule has 6 heteroatoms. The Morgan fingerprint density at radius 1 is 1.14 bits per heavy atom. The first-order valence-electron chi connectivity index (χ1n) is 7.90. The summed E-state index contributed by atoms with van der Waals surface area (Å²) in [7, 11) is 0. The van der Waals surface area contributed by atoms with Gasteiger partial charge in [-0.15, -0.1) is 0 Å². The average Bonchev–Trinajstić information content (AvgIpc) is 2.83. The highest BCUT2D eigenvalue weighted by Crippen LogP contribution is 2.22. The van der Waals surface area contributed by atoms with E-state index < -0.39 is 0 Å². The molecule has 2 saturated heterocycles. The van der Waals surface area contributed by atoms with Crippen LogP contribution in [-0.2, 0) is 9.59 Å². The normalized spacial score (nSPS) is 29.2. The van der Waals surface area contributed by atoms with Crippen LogP contribution >= 0.6 is 0 Å². The van der Waals surface area contributed by atoms with E-state index in [1.165, 1.54) is 34.1 Å². The van der Waals surface area contributed by atoms with E-state index in [0.717, 1.165) is 32.7 Å². The molecule has 0 radical (unpaired) electrons. The number of piperazine rings is 1. The van der Waals surface area contributed by atoms with Gasteiger partial charge in [-0.25, -0.2) is 9.29 Å². The van der Waals surface area contributed by atoms with Gasteiger partial charge in [-0.1, -0.05) is 0 Å². The molecule has 1 aromatic rings. The van der Waals surface area contributed by atoms with Gasteiger partial charge in [0, 0.05) is 0 Å². The highest BCUT2D eigenvalue weighted by molar-refractivity contribution is 6.21. The zero-order valence-electron chi connectivity index (χ0n) is 12.8. The first-order valence-corrected chi connectivity index (χ1v) is 7.90. The quantitative estimate of drug-likeness (QED) is 0.652. The van der Waals surface area contributed by atoms with Crippen LogP contribution in [-0.4, -0.2) is 50.6 Å². The number of anilines is 1.